The first-order chi connectivity index (χ1) is 8.16. The van der Waals surface area contributed by atoms with Gasteiger partial charge in [-0.15, -0.1) is 0 Å². The number of carbonyl (C=O) groups excluding carboxylic acids is 2. The van der Waals surface area contributed by atoms with Crippen LogP contribution in [0.1, 0.15) is 35.2 Å². The number of aryl methyl sites for hydroxylation is 1. The zero-order valence-electron chi connectivity index (χ0n) is 10.1. The Hall–Kier alpha value is -1.64. The van der Waals surface area contributed by atoms with Gasteiger partial charge in [-0.05, 0) is 13.3 Å². The molecule has 17 heavy (non-hydrogen) atoms. The van der Waals surface area contributed by atoms with Gasteiger partial charge in [0.25, 0.3) is 0 Å². The number of hydrogen-bond donors (Lipinski definition) is 0. The lowest BCUT2D eigenvalue weighted by Crippen LogP contribution is -2.42. The summed E-state index contributed by atoms with van der Waals surface area (Å²) in [6, 6.07) is 7.49. The van der Waals surface area contributed by atoms with Gasteiger partial charge >= 0.3 is 0 Å². The quantitative estimate of drug-likeness (QED) is 0.745. The highest BCUT2D eigenvalue weighted by atomic mass is 16.2. The zero-order valence-corrected chi connectivity index (χ0v) is 10.1. The number of carbonyl (C=O) groups is 2. The molecule has 0 N–H and O–H groups in total. The largest absolute Gasteiger partial charge is 0.343 e. The van der Waals surface area contributed by atoms with Gasteiger partial charge in [0, 0.05) is 31.5 Å². The Morgan fingerprint density at radius 3 is 2.29 bits per heavy atom. The van der Waals surface area contributed by atoms with Crippen molar-refractivity contribution >= 4 is 11.7 Å². The highest BCUT2D eigenvalue weighted by Gasteiger charge is 2.20. The zero-order chi connectivity index (χ0) is 12.3. The summed E-state index contributed by atoms with van der Waals surface area (Å²) >= 11 is 0. The molecule has 0 radical (unpaired) electrons. The van der Waals surface area contributed by atoms with Crippen molar-refractivity contribution in [2.45, 2.75) is 26.2 Å². The molecular formula is C14H17NO2. The summed E-state index contributed by atoms with van der Waals surface area (Å²) in [6.45, 7) is 3.71. The van der Waals surface area contributed by atoms with Crippen molar-refractivity contribution in [3.05, 3.63) is 35.4 Å². The summed E-state index contributed by atoms with van der Waals surface area (Å²) in [6.07, 6.45) is 1.75. The number of likely N-dealkylation sites (tertiary alicyclic amines) is 1. The highest BCUT2D eigenvalue weighted by molar-refractivity contribution is 5.98. The van der Waals surface area contributed by atoms with E-state index in [0.717, 1.165) is 25.1 Å². The van der Waals surface area contributed by atoms with E-state index in [4.69, 9.17) is 0 Å². The van der Waals surface area contributed by atoms with Gasteiger partial charge in [-0.25, -0.2) is 0 Å². The molecule has 1 fully saturated rings. The van der Waals surface area contributed by atoms with Crippen molar-refractivity contribution in [3.63, 3.8) is 0 Å². The van der Waals surface area contributed by atoms with Crippen LogP contribution >= 0.6 is 0 Å². The van der Waals surface area contributed by atoms with E-state index in [1.807, 2.05) is 36.1 Å². The summed E-state index contributed by atoms with van der Waals surface area (Å²) in [4.78, 5) is 25.2. The van der Waals surface area contributed by atoms with Gasteiger partial charge < -0.3 is 4.90 Å². The fraction of sp³-hybridized carbons (Fsp3) is 0.429. The van der Waals surface area contributed by atoms with E-state index in [-0.39, 0.29) is 11.7 Å². The molecule has 0 saturated carbocycles. The van der Waals surface area contributed by atoms with Crippen molar-refractivity contribution in [1.29, 1.82) is 0 Å². The first-order valence-electron chi connectivity index (χ1n) is 6.04. The van der Waals surface area contributed by atoms with Gasteiger partial charge in [-0.2, -0.15) is 0 Å². The molecule has 1 aromatic carbocycles. The molecule has 1 aliphatic heterocycles. The minimum Gasteiger partial charge on any atom is -0.343 e. The standard InChI is InChI=1S/C14H17NO2/c1-11-3-5-12(6-4-11)13(16)7-8-14(17)15-9-2-10-15/h3-6H,2,7-10H2,1H3. The third-order valence-electron chi connectivity index (χ3n) is 3.15. The number of Topliss-reactive ketones (excluding diaryl/α,β-unsaturated/α-hetero) is 1. The van der Waals surface area contributed by atoms with Crippen LogP contribution in [0.15, 0.2) is 24.3 Å². The second-order valence-corrected chi connectivity index (χ2v) is 4.52. The van der Waals surface area contributed by atoms with Crippen LogP contribution in [0.25, 0.3) is 0 Å². The molecule has 1 aliphatic rings. The smallest absolute Gasteiger partial charge is 0.223 e. The molecule has 1 aromatic rings. The van der Waals surface area contributed by atoms with Crippen molar-refractivity contribution < 1.29 is 9.59 Å². The molecule has 0 spiro atoms. The van der Waals surface area contributed by atoms with Crippen LogP contribution in [0.3, 0.4) is 0 Å². The Bertz CT molecular complexity index is 418. The maximum absolute atomic E-state index is 11.8. The Kier molecular flexibility index (Phi) is 3.57. The first-order valence-corrected chi connectivity index (χ1v) is 6.04. The van der Waals surface area contributed by atoms with E-state index < -0.39 is 0 Å². The van der Waals surface area contributed by atoms with Crippen LogP contribution in [0.5, 0.6) is 0 Å². The molecular weight excluding hydrogens is 214 g/mol. The number of nitrogens with zero attached hydrogens (tertiary/aromatic N) is 1. The second kappa shape index (κ2) is 5.13. The molecule has 3 heteroatoms. The van der Waals surface area contributed by atoms with Crippen LogP contribution < -0.4 is 0 Å². The van der Waals surface area contributed by atoms with E-state index in [2.05, 4.69) is 0 Å². The average molecular weight is 231 g/mol. The van der Waals surface area contributed by atoms with Crippen LogP contribution in [-0.4, -0.2) is 29.7 Å². The number of rotatable bonds is 4. The van der Waals surface area contributed by atoms with E-state index in [0.29, 0.717) is 18.4 Å². The SMILES string of the molecule is Cc1ccc(C(=O)CCC(=O)N2CCC2)cc1. The Labute approximate surface area is 101 Å². The van der Waals surface area contributed by atoms with Gasteiger partial charge in [-0.1, -0.05) is 29.8 Å². The molecule has 0 atom stereocenters. The lowest BCUT2D eigenvalue weighted by atomic mass is 10.0. The fourth-order valence-electron chi connectivity index (χ4n) is 1.83. The molecule has 1 amide bonds. The molecule has 1 heterocycles. The van der Waals surface area contributed by atoms with Gasteiger partial charge in [0.1, 0.15) is 0 Å². The maximum atomic E-state index is 11.8. The van der Waals surface area contributed by atoms with Gasteiger partial charge in [0.15, 0.2) is 5.78 Å². The third-order valence-corrected chi connectivity index (χ3v) is 3.15. The van der Waals surface area contributed by atoms with E-state index >= 15 is 0 Å². The predicted molar refractivity (Wildman–Crippen MR) is 65.9 cm³/mol. The van der Waals surface area contributed by atoms with Gasteiger partial charge in [-0.3, -0.25) is 9.59 Å². The minimum atomic E-state index is 0.0545. The van der Waals surface area contributed by atoms with E-state index in [1.54, 1.807) is 0 Å². The average Bonchev–Trinajstić information content (AvgIpc) is 2.24. The minimum absolute atomic E-state index is 0.0545. The summed E-state index contributed by atoms with van der Waals surface area (Å²) in [5, 5.41) is 0. The number of hydrogen-bond acceptors (Lipinski definition) is 2. The van der Waals surface area contributed by atoms with Crippen LogP contribution in [0, 0.1) is 6.92 Å². The molecule has 0 bridgehead atoms. The summed E-state index contributed by atoms with van der Waals surface area (Å²) in [7, 11) is 0. The molecule has 2 rings (SSSR count). The molecule has 1 saturated heterocycles. The van der Waals surface area contributed by atoms with Crippen LogP contribution in [-0.2, 0) is 4.79 Å². The van der Waals surface area contributed by atoms with Crippen molar-refractivity contribution in [2.24, 2.45) is 0 Å². The summed E-state index contributed by atoms with van der Waals surface area (Å²) in [5.41, 5.74) is 1.84. The Balaban J connectivity index is 1.84. The monoisotopic (exact) mass is 231 g/mol. The molecule has 0 unspecified atom stereocenters. The van der Waals surface area contributed by atoms with E-state index in [1.165, 1.54) is 0 Å². The lowest BCUT2D eigenvalue weighted by Gasteiger charge is -2.30. The predicted octanol–water partition coefficient (Wildman–Crippen LogP) is 2.19. The van der Waals surface area contributed by atoms with Gasteiger partial charge in [0.2, 0.25) is 5.91 Å². The normalized spacial score (nSPS) is 14.3. The molecule has 3 nitrogen and oxygen atoms in total. The van der Waals surface area contributed by atoms with Crippen molar-refractivity contribution in [1.82, 2.24) is 4.90 Å². The Morgan fingerprint density at radius 2 is 1.76 bits per heavy atom. The number of amides is 1. The molecule has 90 valence electrons. The second-order valence-electron chi connectivity index (χ2n) is 4.52. The first kappa shape index (κ1) is 11.8. The molecule has 0 aromatic heterocycles. The maximum Gasteiger partial charge on any atom is 0.223 e. The topological polar surface area (TPSA) is 37.4 Å². The Morgan fingerprint density at radius 1 is 1.12 bits per heavy atom. The number of benzene rings is 1. The number of ketones is 1. The van der Waals surface area contributed by atoms with Gasteiger partial charge in [0.05, 0.1) is 0 Å². The third kappa shape index (κ3) is 2.93. The highest BCUT2D eigenvalue weighted by Crippen LogP contribution is 2.12. The fourth-order valence-corrected chi connectivity index (χ4v) is 1.83. The van der Waals surface area contributed by atoms with Crippen LogP contribution in [0.4, 0.5) is 0 Å². The van der Waals surface area contributed by atoms with Crippen LogP contribution in [0.2, 0.25) is 0 Å². The summed E-state index contributed by atoms with van der Waals surface area (Å²) < 4.78 is 0. The lowest BCUT2D eigenvalue weighted by molar-refractivity contribution is -0.134. The van der Waals surface area contributed by atoms with E-state index in [9.17, 15) is 9.59 Å². The molecule has 0 aliphatic carbocycles. The van der Waals surface area contributed by atoms with Crippen molar-refractivity contribution in [3.8, 4) is 0 Å². The van der Waals surface area contributed by atoms with Crippen molar-refractivity contribution in [2.75, 3.05) is 13.1 Å². The summed E-state index contributed by atoms with van der Waals surface area (Å²) in [5.74, 6) is 0.163.